The van der Waals surface area contributed by atoms with E-state index in [4.69, 9.17) is 16.3 Å². The van der Waals surface area contributed by atoms with Crippen LogP contribution >= 0.6 is 11.6 Å². The molecule has 1 fully saturated rings. The Hall–Kier alpha value is -2.01. The van der Waals surface area contributed by atoms with E-state index in [1.807, 2.05) is 20.8 Å². The van der Waals surface area contributed by atoms with Crippen molar-refractivity contribution >= 4 is 29.6 Å². The second kappa shape index (κ2) is 7.51. The van der Waals surface area contributed by atoms with Crippen LogP contribution in [0.2, 0.25) is 5.02 Å². The van der Waals surface area contributed by atoms with E-state index in [0.717, 1.165) is 18.4 Å². The van der Waals surface area contributed by atoms with E-state index < -0.39 is 0 Å². The number of nitrogens with zero attached hydrogens (tertiary/aromatic N) is 1. The second-order valence-corrected chi connectivity index (χ2v) is 5.88. The van der Waals surface area contributed by atoms with Gasteiger partial charge in [0.1, 0.15) is 11.4 Å². The van der Waals surface area contributed by atoms with Crippen molar-refractivity contribution in [1.82, 2.24) is 10.2 Å². The largest absolute Gasteiger partial charge is 0.489 e. The molecule has 1 saturated heterocycles. The zero-order valence-electron chi connectivity index (χ0n) is 13.6. The monoisotopic (exact) mass is 336 g/mol. The third-order valence-electron chi connectivity index (χ3n) is 3.58. The summed E-state index contributed by atoms with van der Waals surface area (Å²) in [5.41, 5.74) is 0.989. The number of hydrogen-bond acceptors (Lipinski definition) is 3. The molecule has 5 nitrogen and oxygen atoms in total. The normalized spacial score (nSPS) is 17.6. The van der Waals surface area contributed by atoms with Crippen LogP contribution in [0, 0.1) is 0 Å². The van der Waals surface area contributed by atoms with Gasteiger partial charge in [0.15, 0.2) is 0 Å². The van der Waals surface area contributed by atoms with Gasteiger partial charge in [0, 0.05) is 6.54 Å². The van der Waals surface area contributed by atoms with Crippen molar-refractivity contribution in [1.29, 1.82) is 0 Å². The predicted molar refractivity (Wildman–Crippen MR) is 90.3 cm³/mol. The second-order valence-electron chi connectivity index (χ2n) is 5.47. The fourth-order valence-corrected chi connectivity index (χ4v) is 2.40. The highest BCUT2D eigenvalue weighted by atomic mass is 35.5. The maximum Gasteiger partial charge on any atom is 0.329 e. The standard InChI is InChI=1S/C17H21ClN2O3/c1-4-8-20-16(21)14(19-17(20)22)10-12-6-7-15(13(18)9-12)23-11(3)5-2/h6-7,9-11H,4-5,8H2,1-3H3,(H,19,22)/b14-10+/t11-/m0/s1. The first-order valence-electron chi connectivity index (χ1n) is 7.77. The van der Waals surface area contributed by atoms with Crippen LogP contribution in [0.3, 0.4) is 0 Å². The third-order valence-corrected chi connectivity index (χ3v) is 3.87. The highest BCUT2D eigenvalue weighted by molar-refractivity contribution is 6.32. The van der Waals surface area contributed by atoms with Gasteiger partial charge in [-0.1, -0.05) is 31.5 Å². The average Bonchev–Trinajstić information content (AvgIpc) is 2.78. The molecule has 23 heavy (non-hydrogen) atoms. The highest BCUT2D eigenvalue weighted by Crippen LogP contribution is 2.28. The summed E-state index contributed by atoms with van der Waals surface area (Å²) < 4.78 is 5.71. The fraction of sp³-hybridized carbons (Fsp3) is 0.412. The van der Waals surface area contributed by atoms with Gasteiger partial charge in [0.2, 0.25) is 0 Å². The van der Waals surface area contributed by atoms with Crippen LogP contribution in [-0.2, 0) is 4.79 Å². The number of rotatable bonds is 6. The summed E-state index contributed by atoms with van der Waals surface area (Å²) in [5.74, 6) is 0.297. The van der Waals surface area contributed by atoms with E-state index in [1.54, 1.807) is 24.3 Å². The molecule has 6 heteroatoms. The maximum atomic E-state index is 12.2. The van der Waals surface area contributed by atoms with Crippen LogP contribution in [0.5, 0.6) is 5.75 Å². The number of ether oxygens (including phenoxy) is 1. The molecule has 1 atom stereocenters. The Morgan fingerprint density at radius 2 is 2.09 bits per heavy atom. The van der Waals surface area contributed by atoms with Crippen molar-refractivity contribution in [2.45, 2.75) is 39.7 Å². The van der Waals surface area contributed by atoms with Crippen molar-refractivity contribution < 1.29 is 14.3 Å². The van der Waals surface area contributed by atoms with Crippen molar-refractivity contribution in [2.75, 3.05) is 6.54 Å². The van der Waals surface area contributed by atoms with Crippen molar-refractivity contribution in [3.05, 3.63) is 34.5 Å². The SMILES string of the molecule is CCCN1C(=O)N/C(=C/c2ccc(O[C@@H](C)CC)c(Cl)c2)C1=O. The summed E-state index contributed by atoms with van der Waals surface area (Å²) in [5, 5.41) is 3.06. The molecule has 0 saturated carbocycles. The summed E-state index contributed by atoms with van der Waals surface area (Å²) in [6.07, 6.45) is 3.31. The molecule has 1 aromatic rings. The van der Waals surface area contributed by atoms with Crippen LogP contribution < -0.4 is 10.1 Å². The quantitative estimate of drug-likeness (QED) is 0.634. The van der Waals surface area contributed by atoms with Gasteiger partial charge in [-0.15, -0.1) is 0 Å². The fourth-order valence-electron chi connectivity index (χ4n) is 2.17. The Morgan fingerprint density at radius 3 is 2.70 bits per heavy atom. The molecule has 0 aliphatic carbocycles. The van der Waals surface area contributed by atoms with Crippen LogP contribution in [-0.4, -0.2) is 29.5 Å². The van der Waals surface area contributed by atoms with Gasteiger partial charge in [0.05, 0.1) is 11.1 Å². The third kappa shape index (κ3) is 4.05. The molecule has 3 amide bonds. The summed E-state index contributed by atoms with van der Waals surface area (Å²) in [7, 11) is 0. The minimum Gasteiger partial charge on any atom is -0.489 e. The smallest absolute Gasteiger partial charge is 0.329 e. The van der Waals surface area contributed by atoms with Crippen LogP contribution in [0.1, 0.15) is 39.2 Å². The van der Waals surface area contributed by atoms with Crippen molar-refractivity contribution in [3.63, 3.8) is 0 Å². The average molecular weight is 337 g/mol. The van der Waals surface area contributed by atoms with Crippen molar-refractivity contribution in [2.24, 2.45) is 0 Å². The van der Waals surface area contributed by atoms with Gasteiger partial charge in [-0.25, -0.2) is 4.79 Å². The molecule has 124 valence electrons. The highest BCUT2D eigenvalue weighted by Gasteiger charge is 2.32. The Kier molecular flexibility index (Phi) is 5.66. The molecular formula is C17H21ClN2O3. The molecule has 1 aliphatic heterocycles. The molecule has 1 aromatic carbocycles. The van der Waals surface area contributed by atoms with Crippen LogP contribution in [0.15, 0.2) is 23.9 Å². The lowest BCUT2D eigenvalue weighted by Crippen LogP contribution is -2.31. The lowest BCUT2D eigenvalue weighted by molar-refractivity contribution is -0.122. The Balaban J connectivity index is 2.19. The van der Waals surface area contributed by atoms with Crippen molar-refractivity contribution in [3.8, 4) is 5.75 Å². The predicted octanol–water partition coefficient (Wildman–Crippen LogP) is 3.82. The van der Waals surface area contributed by atoms with Crippen LogP contribution in [0.4, 0.5) is 4.79 Å². The minimum atomic E-state index is -0.383. The number of imide groups is 1. The molecule has 1 aliphatic rings. The van der Waals surface area contributed by atoms with E-state index >= 15 is 0 Å². The summed E-state index contributed by atoms with van der Waals surface area (Å²) >= 11 is 6.22. The Morgan fingerprint density at radius 1 is 1.35 bits per heavy atom. The molecular weight excluding hydrogens is 316 g/mol. The molecule has 0 spiro atoms. The number of hydrogen-bond donors (Lipinski definition) is 1. The van der Waals surface area contributed by atoms with E-state index in [0.29, 0.717) is 17.3 Å². The topological polar surface area (TPSA) is 58.6 Å². The Labute approximate surface area is 141 Å². The van der Waals surface area contributed by atoms with Gasteiger partial charge >= 0.3 is 6.03 Å². The number of amides is 3. The van der Waals surface area contributed by atoms with Gasteiger partial charge < -0.3 is 10.1 Å². The van der Waals surface area contributed by atoms with E-state index in [1.165, 1.54) is 4.90 Å². The summed E-state index contributed by atoms with van der Waals surface area (Å²) in [4.78, 5) is 25.1. The molecule has 0 radical (unpaired) electrons. The number of halogens is 1. The molecule has 0 unspecified atom stereocenters. The first kappa shape index (κ1) is 17.3. The van der Waals surface area contributed by atoms with E-state index in [9.17, 15) is 9.59 Å². The van der Waals surface area contributed by atoms with Gasteiger partial charge in [0.25, 0.3) is 5.91 Å². The number of urea groups is 1. The minimum absolute atomic E-state index is 0.0787. The molecule has 0 bridgehead atoms. The number of carbonyl (C=O) groups excluding carboxylic acids is 2. The lowest BCUT2D eigenvalue weighted by atomic mass is 10.1. The van der Waals surface area contributed by atoms with E-state index in [2.05, 4.69) is 5.32 Å². The maximum absolute atomic E-state index is 12.2. The molecule has 1 heterocycles. The summed E-state index contributed by atoms with van der Waals surface area (Å²) in [6, 6.07) is 4.91. The van der Waals surface area contributed by atoms with Gasteiger partial charge in [-0.2, -0.15) is 0 Å². The van der Waals surface area contributed by atoms with Gasteiger partial charge in [-0.05, 0) is 43.5 Å². The summed E-state index contributed by atoms with van der Waals surface area (Å²) in [6.45, 7) is 6.33. The Bertz CT molecular complexity index is 643. The number of nitrogens with one attached hydrogen (secondary N) is 1. The first-order valence-corrected chi connectivity index (χ1v) is 8.14. The lowest BCUT2D eigenvalue weighted by Gasteiger charge is -2.14. The molecule has 1 N–H and O–H groups in total. The van der Waals surface area contributed by atoms with Crippen LogP contribution in [0.25, 0.3) is 6.08 Å². The van der Waals surface area contributed by atoms with Gasteiger partial charge in [-0.3, -0.25) is 9.69 Å². The number of carbonyl (C=O) groups is 2. The molecule has 2 rings (SSSR count). The zero-order valence-corrected chi connectivity index (χ0v) is 14.3. The molecule has 0 aromatic heterocycles. The van der Waals surface area contributed by atoms with E-state index in [-0.39, 0.29) is 23.7 Å². The number of benzene rings is 1. The zero-order chi connectivity index (χ0) is 17.0. The first-order chi connectivity index (χ1) is 11.0.